The third-order valence-corrected chi connectivity index (χ3v) is 3.83. The van der Waals surface area contributed by atoms with Crippen LogP contribution < -0.4 is 5.32 Å². The van der Waals surface area contributed by atoms with Crippen molar-refractivity contribution in [1.29, 1.82) is 0 Å². The number of halogens is 3. The van der Waals surface area contributed by atoms with Crippen LogP contribution in [0, 0.1) is 5.92 Å². The second-order valence-electron chi connectivity index (χ2n) is 4.47. The molecule has 0 aromatic heterocycles. The van der Waals surface area contributed by atoms with Crippen LogP contribution in [0.4, 0.5) is 5.69 Å². The topological polar surface area (TPSA) is 12.0 Å². The number of hydrogen-bond acceptors (Lipinski definition) is 1. The Labute approximate surface area is 111 Å². The third kappa shape index (κ3) is 3.19. The Morgan fingerprint density at radius 2 is 1.81 bits per heavy atom. The van der Waals surface area contributed by atoms with Gasteiger partial charge in [0.15, 0.2) is 0 Å². The minimum Gasteiger partial charge on any atom is -0.381 e. The molecular weight excluding hydrogens is 264 g/mol. The normalized spacial score (nSPS) is 17.2. The molecule has 1 unspecified atom stereocenters. The highest BCUT2D eigenvalue weighted by atomic mass is 35.5. The molecule has 0 bridgehead atoms. The molecule has 1 nitrogen and oxygen atoms in total. The summed E-state index contributed by atoms with van der Waals surface area (Å²) < 4.78 is 0. The molecule has 16 heavy (non-hydrogen) atoms. The second kappa shape index (κ2) is 5.03. The van der Waals surface area contributed by atoms with Crippen molar-refractivity contribution in [1.82, 2.24) is 0 Å². The number of nitrogens with one attached hydrogen (secondary N) is 1. The Morgan fingerprint density at radius 1 is 1.19 bits per heavy atom. The van der Waals surface area contributed by atoms with Gasteiger partial charge in [0, 0.05) is 6.04 Å². The molecule has 0 aliphatic heterocycles. The molecule has 0 amide bonds. The first-order valence-corrected chi connectivity index (χ1v) is 6.60. The summed E-state index contributed by atoms with van der Waals surface area (Å²) in [6.45, 7) is 2.16. The molecule has 1 fully saturated rings. The van der Waals surface area contributed by atoms with Crippen LogP contribution in [0.5, 0.6) is 0 Å². The smallest absolute Gasteiger partial charge is 0.0653 e. The van der Waals surface area contributed by atoms with Gasteiger partial charge in [0.1, 0.15) is 0 Å². The van der Waals surface area contributed by atoms with E-state index in [1.165, 1.54) is 19.3 Å². The first kappa shape index (κ1) is 12.3. The number of rotatable bonds is 4. The largest absolute Gasteiger partial charge is 0.381 e. The van der Waals surface area contributed by atoms with Crippen LogP contribution in [0.15, 0.2) is 12.1 Å². The molecule has 1 aliphatic carbocycles. The van der Waals surface area contributed by atoms with Crippen LogP contribution >= 0.6 is 34.8 Å². The molecule has 1 saturated carbocycles. The van der Waals surface area contributed by atoms with Crippen molar-refractivity contribution >= 4 is 40.5 Å². The van der Waals surface area contributed by atoms with E-state index < -0.39 is 0 Å². The highest BCUT2D eigenvalue weighted by molar-refractivity contribution is 6.44. The monoisotopic (exact) mass is 277 g/mol. The van der Waals surface area contributed by atoms with E-state index in [1.807, 2.05) is 0 Å². The van der Waals surface area contributed by atoms with E-state index in [2.05, 4.69) is 12.2 Å². The average Bonchev–Trinajstić information content (AvgIpc) is 2.98. The lowest BCUT2D eigenvalue weighted by Crippen LogP contribution is -2.15. The molecule has 0 radical (unpaired) electrons. The number of anilines is 1. The molecule has 1 aromatic carbocycles. The fourth-order valence-electron chi connectivity index (χ4n) is 1.81. The van der Waals surface area contributed by atoms with Crippen molar-refractivity contribution in [2.75, 3.05) is 5.32 Å². The summed E-state index contributed by atoms with van der Waals surface area (Å²) in [4.78, 5) is 0. The molecule has 0 heterocycles. The summed E-state index contributed by atoms with van der Waals surface area (Å²) in [5.41, 5.74) is 0.865. The van der Waals surface area contributed by atoms with Crippen LogP contribution in [0.3, 0.4) is 0 Å². The van der Waals surface area contributed by atoms with Crippen LogP contribution in [-0.4, -0.2) is 6.04 Å². The van der Waals surface area contributed by atoms with Gasteiger partial charge in [-0.15, -0.1) is 0 Å². The Hall–Kier alpha value is -0.110. The van der Waals surface area contributed by atoms with Crippen molar-refractivity contribution in [3.8, 4) is 0 Å². The Morgan fingerprint density at radius 3 is 2.44 bits per heavy atom. The predicted molar refractivity (Wildman–Crippen MR) is 71.9 cm³/mol. The Kier molecular flexibility index (Phi) is 3.89. The van der Waals surface area contributed by atoms with E-state index >= 15 is 0 Å². The first-order chi connectivity index (χ1) is 7.56. The van der Waals surface area contributed by atoms with Gasteiger partial charge < -0.3 is 5.32 Å². The van der Waals surface area contributed by atoms with Crippen LogP contribution in [0.1, 0.15) is 26.2 Å². The van der Waals surface area contributed by atoms with Crippen LogP contribution in [0.25, 0.3) is 0 Å². The van der Waals surface area contributed by atoms with Crippen molar-refractivity contribution in [2.45, 2.75) is 32.2 Å². The zero-order valence-electron chi connectivity index (χ0n) is 9.06. The standard InChI is InChI=1S/C12H14Cl3N/c1-7(4-8-2-3-8)16-12-6-10(14)9(13)5-11(12)15/h5-8,16H,2-4H2,1H3. The van der Waals surface area contributed by atoms with E-state index in [0.29, 0.717) is 21.1 Å². The Balaban J connectivity index is 2.04. The van der Waals surface area contributed by atoms with Crippen molar-refractivity contribution < 1.29 is 0 Å². The van der Waals surface area contributed by atoms with Gasteiger partial charge in [-0.2, -0.15) is 0 Å². The zero-order chi connectivity index (χ0) is 11.7. The van der Waals surface area contributed by atoms with Gasteiger partial charge in [-0.3, -0.25) is 0 Å². The van der Waals surface area contributed by atoms with Crippen molar-refractivity contribution in [3.05, 3.63) is 27.2 Å². The van der Waals surface area contributed by atoms with Gasteiger partial charge >= 0.3 is 0 Å². The zero-order valence-corrected chi connectivity index (χ0v) is 11.3. The molecule has 0 spiro atoms. The molecule has 0 saturated heterocycles. The molecule has 1 aliphatic rings. The third-order valence-electron chi connectivity index (χ3n) is 2.80. The van der Waals surface area contributed by atoms with E-state index in [0.717, 1.165) is 11.6 Å². The molecule has 88 valence electrons. The van der Waals surface area contributed by atoms with Crippen LogP contribution in [-0.2, 0) is 0 Å². The summed E-state index contributed by atoms with van der Waals surface area (Å²) in [6.07, 6.45) is 3.92. The minimum absolute atomic E-state index is 0.419. The molecule has 1 N–H and O–H groups in total. The van der Waals surface area contributed by atoms with Gasteiger partial charge in [-0.25, -0.2) is 0 Å². The molecule has 4 heteroatoms. The number of benzene rings is 1. The summed E-state index contributed by atoms with van der Waals surface area (Å²) >= 11 is 17.9. The van der Waals surface area contributed by atoms with Crippen LogP contribution in [0.2, 0.25) is 15.1 Å². The molecular formula is C12H14Cl3N. The van der Waals surface area contributed by atoms with Crippen molar-refractivity contribution in [2.24, 2.45) is 5.92 Å². The summed E-state index contributed by atoms with van der Waals surface area (Å²) in [7, 11) is 0. The summed E-state index contributed by atoms with van der Waals surface area (Å²) in [5, 5.41) is 5.02. The quantitative estimate of drug-likeness (QED) is 0.742. The highest BCUT2D eigenvalue weighted by Crippen LogP contribution is 2.36. The SMILES string of the molecule is CC(CC1CC1)Nc1cc(Cl)c(Cl)cc1Cl. The molecule has 2 rings (SSSR count). The van der Waals surface area contributed by atoms with E-state index in [9.17, 15) is 0 Å². The fraction of sp³-hybridized carbons (Fsp3) is 0.500. The fourth-order valence-corrected chi connectivity index (χ4v) is 2.41. The maximum absolute atomic E-state index is 6.09. The molecule has 1 atom stereocenters. The van der Waals surface area contributed by atoms with Crippen molar-refractivity contribution in [3.63, 3.8) is 0 Å². The lowest BCUT2D eigenvalue weighted by Gasteiger charge is -2.16. The lowest BCUT2D eigenvalue weighted by atomic mass is 10.1. The van der Waals surface area contributed by atoms with Gasteiger partial charge in [0.2, 0.25) is 0 Å². The maximum Gasteiger partial charge on any atom is 0.0653 e. The van der Waals surface area contributed by atoms with Gasteiger partial charge in [0.25, 0.3) is 0 Å². The summed E-state index contributed by atoms with van der Waals surface area (Å²) in [6, 6.07) is 3.88. The Bertz CT molecular complexity index is 388. The van der Waals surface area contributed by atoms with E-state index in [4.69, 9.17) is 34.8 Å². The second-order valence-corrected chi connectivity index (χ2v) is 5.69. The number of hydrogen-bond donors (Lipinski definition) is 1. The van der Waals surface area contributed by atoms with E-state index in [1.54, 1.807) is 12.1 Å². The van der Waals surface area contributed by atoms with Gasteiger partial charge in [-0.1, -0.05) is 47.6 Å². The van der Waals surface area contributed by atoms with E-state index in [-0.39, 0.29) is 0 Å². The van der Waals surface area contributed by atoms with Gasteiger partial charge in [-0.05, 0) is 31.4 Å². The lowest BCUT2D eigenvalue weighted by molar-refractivity contribution is 0.642. The maximum atomic E-state index is 6.09. The predicted octanol–water partition coefficient (Wildman–Crippen LogP) is 5.25. The first-order valence-electron chi connectivity index (χ1n) is 5.47. The van der Waals surface area contributed by atoms with Gasteiger partial charge in [0.05, 0.1) is 20.8 Å². The summed E-state index contributed by atoms with van der Waals surface area (Å²) in [5.74, 6) is 0.893. The average molecular weight is 279 g/mol. The molecule has 1 aromatic rings. The highest BCUT2D eigenvalue weighted by Gasteiger charge is 2.23. The minimum atomic E-state index is 0.419.